The summed E-state index contributed by atoms with van der Waals surface area (Å²) in [4.78, 5) is 0. The molecule has 0 saturated carbocycles. The van der Waals surface area contributed by atoms with Crippen molar-refractivity contribution in [3.8, 4) is 0 Å². The zero-order chi connectivity index (χ0) is 9.80. The van der Waals surface area contributed by atoms with E-state index in [1.165, 1.54) is 24.0 Å². The Kier molecular flexibility index (Phi) is 3.00. The van der Waals surface area contributed by atoms with E-state index in [2.05, 4.69) is 48.7 Å². The fourth-order valence-corrected chi connectivity index (χ4v) is 2.10. The number of hydrogen-bond acceptors (Lipinski definition) is 1. The van der Waals surface area contributed by atoms with Crippen LogP contribution in [0.2, 0.25) is 0 Å². The van der Waals surface area contributed by atoms with Crippen LogP contribution in [0.4, 0.5) is 0 Å². The maximum Gasteiger partial charge on any atom is 0.0328 e. The molecule has 1 aromatic carbocycles. The molecule has 0 fully saturated rings. The van der Waals surface area contributed by atoms with Gasteiger partial charge >= 0.3 is 0 Å². The van der Waals surface area contributed by atoms with E-state index in [0.717, 1.165) is 6.54 Å². The SMILES string of the molecule is C/C=C\CNC1CCc2ccccc21. The first kappa shape index (κ1) is 9.47. The highest BCUT2D eigenvalue weighted by molar-refractivity contribution is 5.34. The first-order valence-corrected chi connectivity index (χ1v) is 5.34. The summed E-state index contributed by atoms with van der Waals surface area (Å²) in [6, 6.07) is 9.33. The van der Waals surface area contributed by atoms with Gasteiger partial charge in [-0.3, -0.25) is 0 Å². The lowest BCUT2D eigenvalue weighted by Crippen LogP contribution is -2.18. The molecule has 1 aliphatic carbocycles. The van der Waals surface area contributed by atoms with Gasteiger partial charge in [0.1, 0.15) is 0 Å². The lowest BCUT2D eigenvalue weighted by Gasteiger charge is -2.11. The van der Waals surface area contributed by atoms with E-state index in [4.69, 9.17) is 0 Å². The molecule has 0 radical (unpaired) electrons. The standard InChI is InChI=1S/C13H17N/c1-2-3-10-14-13-9-8-11-6-4-5-7-12(11)13/h2-7,13-14H,8-10H2,1H3/b3-2-. The Morgan fingerprint density at radius 2 is 2.29 bits per heavy atom. The third-order valence-corrected chi connectivity index (χ3v) is 2.85. The minimum absolute atomic E-state index is 0.572. The van der Waals surface area contributed by atoms with E-state index >= 15 is 0 Å². The average Bonchev–Trinajstić information content (AvgIpc) is 2.63. The molecule has 0 heterocycles. The van der Waals surface area contributed by atoms with Crippen LogP contribution in [0.5, 0.6) is 0 Å². The van der Waals surface area contributed by atoms with Crippen molar-refractivity contribution in [1.82, 2.24) is 5.32 Å². The predicted octanol–water partition coefficient (Wildman–Crippen LogP) is 2.84. The fourth-order valence-electron chi connectivity index (χ4n) is 2.10. The number of benzene rings is 1. The van der Waals surface area contributed by atoms with Gasteiger partial charge in [0.15, 0.2) is 0 Å². The summed E-state index contributed by atoms with van der Waals surface area (Å²) in [7, 11) is 0. The van der Waals surface area contributed by atoms with E-state index < -0.39 is 0 Å². The minimum atomic E-state index is 0.572. The Labute approximate surface area is 85.8 Å². The van der Waals surface area contributed by atoms with Crippen molar-refractivity contribution < 1.29 is 0 Å². The fraction of sp³-hybridized carbons (Fsp3) is 0.385. The summed E-state index contributed by atoms with van der Waals surface area (Å²) in [5, 5.41) is 3.55. The Balaban J connectivity index is 2.03. The number of nitrogens with one attached hydrogen (secondary N) is 1. The monoisotopic (exact) mass is 187 g/mol. The van der Waals surface area contributed by atoms with Gasteiger partial charge in [-0.05, 0) is 30.9 Å². The number of rotatable bonds is 3. The molecule has 0 aliphatic heterocycles. The summed E-state index contributed by atoms with van der Waals surface area (Å²) in [5.41, 5.74) is 3.02. The quantitative estimate of drug-likeness (QED) is 0.717. The van der Waals surface area contributed by atoms with Crippen LogP contribution in [0.15, 0.2) is 36.4 Å². The van der Waals surface area contributed by atoms with Crippen LogP contribution in [-0.4, -0.2) is 6.54 Å². The second-order valence-corrected chi connectivity index (χ2v) is 3.77. The normalized spacial score (nSPS) is 20.2. The van der Waals surface area contributed by atoms with Gasteiger partial charge in [-0.1, -0.05) is 36.4 Å². The van der Waals surface area contributed by atoms with Gasteiger partial charge < -0.3 is 5.32 Å². The molecule has 1 nitrogen and oxygen atoms in total. The zero-order valence-corrected chi connectivity index (χ0v) is 8.66. The van der Waals surface area contributed by atoms with Crippen molar-refractivity contribution in [3.05, 3.63) is 47.5 Å². The lowest BCUT2D eigenvalue weighted by molar-refractivity contribution is 0.564. The Morgan fingerprint density at radius 3 is 3.14 bits per heavy atom. The highest BCUT2D eigenvalue weighted by Gasteiger charge is 2.20. The number of aryl methyl sites for hydroxylation is 1. The van der Waals surface area contributed by atoms with Gasteiger partial charge in [-0.15, -0.1) is 0 Å². The highest BCUT2D eigenvalue weighted by Crippen LogP contribution is 2.30. The smallest absolute Gasteiger partial charge is 0.0328 e. The largest absolute Gasteiger partial charge is 0.306 e. The molecule has 1 aromatic rings. The van der Waals surface area contributed by atoms with Gasteiger partial charge in [0.2, 0.25) is 0 Å². The number of fused-ring (bicyclic) bond motifs is 1. The van der Waals surface area contributed by atoms with Crippen molar-refractivity contribution in [2.45, 2.75) is 25.8 Å². The van der Waals surface area contributed by atoms with Crippen molar-refractivity contribution in [2.75, 3.05) is 6.54 Å². The molecule has 1 atom stereocenters. The Hall–Kier alpha value is -1.08. The summed E-state index contributed by atoms with van der Waals surface area (Å²) in [6.07, 6.45) is 6.73. The first-order chi connectivity index (χ1) is 6.92. The molecule has 1 heteroatoms. The van der Waals surface area contributed by atoms with Gasteiger partial charge in [-0.25, -0.2) is 0 Å². The van der Waals surface area contributed by atoms with E-state index in [0.29, 0.717) is 6.04 Å². The van der Waals surface area contributed by atoms with Gasteiger partial charge in [0.05, 0.1) is 0 Å². The zero-order valence-electron chi connectivity index (χ0n) is 8.66. The second kappa shape index (κ2) is 4.43. The first-order valence-electron chi connectivity index (χ1n) is 5.34. The van der Waals surface area contributed by atoms with Crippen LogP contribution in [0.25, 0.3) is 0 Å². The van der Waals surface area contributed by atoms with Crippen LogP contribution in [-0.2, 0) is 6.42 Å². The summed E-state index contributed by atoms with van der Waals surface area (Å²) >= 11 is 0. The maximum absolute atomic E-state index is 3.55. The van der Waals surface area contributed by atoms with E-state index in [-0.39, 0.29) is 0 Å². The van der Waals surface area contributed by atoms with Crippen molar-refractivity contribution in [3.63, 3.8) is 0 Å². The molecule has 0 spiro atoms. The maximum atomic E-state index is 3.55. The molecule has 1 N–H and O–H groups in total. The third-order valence-electron chi connectivity index (χ3n) is 2.85. The van der Waals surface area contributed by atoms with Gasteiger partial charge in [0.25, 0.3) is 0 Å². The summed E-state index contributed by atoms with van der Waals surface area (Å²) in [5.74, 6) is 0. The van der Waals surface area contributed by atoms with E-state index in [9.17, 15) is 0 Å². The molecule has 1 unspecified atom stereocenters. The summed E-state index contributed by atoms with van der Waals surface area (Å²) < 4.78 is 0. The van der Waals surface area contributed by atoms with Crippen molar-refractivity contribution in [2.24, 2.45) is 0 Å². The van der Waals surface area contributed by atoms with Crippen molar-refractivity contribution >= 4 is 0 Å². The molecule has 14 heavy (non-hydrogen) atoms. The third kappa shape index (κ3) is 1.88. The van der Waals surface area contributed by atoms with Crippen LogP contribution < -0.4 is 5.32 Å². The van der Waals surface area contributed by atoms with Crippen LogP contribution >= 0.6 is 0 Å². The molecule has 1 aliphatic rings. The Morgan fingerprint density at radius 1 is 1.43 bits per heavy atom. The summed E-state index contributed by atoms with van der Waals surface area (Å²) in [6.45, 7) is 3.04. The topological polar surface area (TPSA) is 12.0 Å². The second-order valence-electron chi connectivity index (χ2n) is 3.77. The van der Waals surface area contributed by atoms with Gasteiger partial charge in [-0.2, -0.15) is 0 Å². The van der Waals surface area contributed by atoms with E-state index in [1.807, 2.05) is 0 Å². The van der Waals surface area contributed by atoms with Crippen molar-refractivity contribution in [1.29, 1.82) is 0 Å². The predicted molar refractivity (Wildman–Crippen MR) is 60.3 cm³/mol. The molecule has 0 aromatic heterocycles. The highest BCUT2D eigenvalue weighted by atomic mass is 14.9. The molecule has 0 amide bonds. The lowest BCUT2D eigenvalue weighted by atomic mass is 10.1. The molecule has 0 saturated heterocycles. The minimum Gasteiger partial charge on any atom is -0.306 e. The van der Waals surface area contributed by atoms with Gasteiger partial charge in [0, 0.05) is 12.6 Å². The van der Waals surface area contributed by atoms with Crippen LogP contribution in [0.3, 0.4) is 0 Å². The van der Waals surface area contributed by atoms with Crippen LogP contribution in [0, 0.1) is 0 Å². The average molecular weight is 187 g/mol. The Bertz CT molecular complexity index is 328. The molecule has 0 bridgehead atoms. The molecule has 74 valence electrons. The molecular weight excluding hydrogens is 170 g/mol. The number of hydrogen-bond donors (Lipinski definition) is 1. The molecular formula is C13H17N. The van der Waals surface area contributed by atoms with Crippen LogP contribution in [0.1, 0.15) is 30.5 Å². The molecule has 2 rings (SSSR count). The van der Waals surface area contributed by atoms with E-state index in [1.54, 1.807) is 0 Å². The number of allylic oxidation sites excluding steroid dienone is 1.